The molecule has 16 heavy (non-hydrogen) atoms. The standard InChI is InChI=1S/C13H19NO2/c1-10-6-12-8-14(4-2-13(12)16-10)7-11-3-5-15-9-11/h3,5,9-10,12-13H,2,4,6-8H2,1H3/t10-,12-,13-/m0/s1. The molecule has 0 spiro atoms. The summed E-state index contributed by atoms with van der Waals surface area (Å²) in [6.45, 7) is 5.55. The predicted molar refractivity (Wildman–Crippen MR) is 61.0 cm³/mol. The molecule has 2 saturated heterocycles. The highest BCUT2D eigenvalue weighted by Gasteiger charge is 2.37. The Morgan fingerprint density at radius 3 is 3.25 bits per heavy atom. The lowest BCUT2D eigenvalue weighted by atomic mass is 9.93. The van der Waals surface area contributed by atoms with Crippen molar-refractivity contribution in [3.05, 3.63) is 24.2 Å². The summed E-state index contributed by atoms with van der Waals surface area (Å²) in [7, 11) is 0. The highest BCUT2D eigenvalue weighted by Crippen LogP contribution is 2.32. The first-order valence-electron chi connectivity index (χ1n) is 6.20. The Kier molecular flexibility index (Phi) is 2.74. The van der Waals surface area contributed by atoms with E-state index in [0.717, 1.165) is 19.0 Å². The number of hydrogen-bond donors (Lipinski definition) is 0. The summed E-state index contributed by atoms with van der Waals surface area (Å²) in [6, 6.07) is 2.06. The molecule has 0 aliphatic carbocycles. The monoisotopic (exact) mass is 221 g/mol. The molecule has 3 nitrogen and oxygen atoms in total. The van der Waals surface area contributed by atoms with Crippen LogP contribution in [0.4, 0.5) is 0 Å². The first-order chi connectivity index (χ1) is 7.81. The molecule has 2 fully saturated rings. The summed E-state index contributed by atoms with van der Waals surface area (Å²) < 4.78 is 11.0. The number of hydrogen-bond acceptors (Lipinski definition) is 3. The van der Waals surface area contributed by atoms with Crippen LogP contribution in [0, 0.1) is 5.92 Å². The maximum atomic E-state index is 5.90. The molecule has 3 rings (SSSR count). The summed E-state index contributed by atoms with van der Waals surface area (Å²) in [5.74, 6) is 0.746. The lowest BCUT2D eigenvalue weighted by Gasteiger charge is -2.33. The van der Waals surface area contributed by atoms with Gasteiger partial charge in [-0.15, -0.1) is 0 Å². The van der Waals surface area contributed by atoms with Gasteiger partial charge in [0.05, 0.1) is 24.7 Å². The van der Waals surface area contributed by atoms with E-state index in [1.54, 1.807) is 6.26 Å². The van der Waals surface area contributed by atoms with E-state index in [1.165, 1.54) is 24.9 Å². The molecule has 2 aliphatic rings. The van der Waals surface area contributed by atoms with E-state index in [4.69, 9.17) is 9.15 Å². The number of furan rings is 1. The Labute approximate surface area is 96.4 Å². The Morgan fingerprint density at radius 2 is 2.44 bits per heavy atom. The molecular formula is C13H19NO2. The van der Waals surface area contributed by atoms with Gasteiger partial charge in [0.1, 0.15) is 0 Å². The fourth-order valence-corrected chi connectivity index (χ4v) is 3.06. The summed E-state index contributed by atoms with van der Waals surface area (Å²) in [5.41, 5.74) is 1.28. The van der Waals surface area contributed by atoms with E-state index < -0.39 is 0 Å². The van der Waals surface area contributed by atoms with Crippen molar-refractivity contribution in [2.45, 2.75) is 38.5 Å². The third-order valence-corrected chi connectivity index (χ3v) is 3.78. The number of rotatable bonds is 2. The molecule has 3 atom stereocenters. The first-order valence-corrected chi connectivity index (χ1v) is 6.20. The number of piperidine rings is 1. The Bertz CT molecular complexity index is 336. The molecule has 0 unspecified atom stereocenters. The fraction of sp³-hybridized carbons (Fsp3) is 0.692. The average Bonchev–Trinajstić information content (AvgIpc) is 2.85. The number of fused-ring (bicyclic) bond motifs is 1. The molecule has 1 aromatic heterocycles. The van der Waals surface area contributed by atoms with E-state index in [2.05, 4.69) is 17.9 Å². The summed E-state index contributed by atoms with van der Waals surface area (Å²) in [5, 5.41) is 0. The quantitative estimate of drug-likeness (QED) is 0.766. The second kappa shape index (κ2) is 4.22. The second-order valence-corrected chi connectivity index (χ2v) is 5.14. The van der Waals surface area contributed by atoms with Crippen molar-refractivity contribution >= 4 is 0 Å². The van der Waals surface area contributed by atoms with Crippen molar-refractivity contribution in [1.82, 2.24) is 4.90 Å². The van der Waals surface area contributed by atoms with E-state index in [1.807, 2.05) is 6.26 Å². The average molecular weight is 221 g/mol. The van der Waals surface area contributed by atoms with Gasteiger partial charge in [0.2, 0.25) is 0 Å². The third kappa shape index (κ3) is 2.02. The smallest absolute Gasteiger partial charge is 0.0947 e. The van der Waals surface area contributed by atoms with Gasteiger partial charge >= 0.3 is 0 Å². The van der Waals surface area contributed by atoms with Crippen molar-refractivity contribution in [3.8, 4) is 0 Å². The van der Waals surface area contributed by atoms with Gasteiger partial charge in [-0.2, -0.15) is 0 Å². The van der Waals surface area contributed by atoms with Gasteiger partial charge in [-0.25, -0.2) is 0 Å². The van der Waals surface area contributed by atoms with Gasteiger partial charge in [-0.1, -0.05) is 0 Å². The third-order valence-electron chi connectivity index (χ3n) is 3.78. The van der Waals surface area contributed by atoms with Crippen LogP contribution in [-0.2, 0) is 11.3 Å². The van der Waals surface area contributed by atoms with Gasteiger partial charge in [-0.05, 0) is 25.8 Å². The Morgan fingerprint density at radius 1 is 1.50 bits per heavy atom. The largest absolute Gasteiger partial charge is 0.472 e. The van der Waals surface area contributed by atoms with Crippen molar-refractivity contribution in [2.75, 3.05) is 13.1 Å². The number of ether oxygens (including phenoxy) is 1. The zero-order chi connectivity index (χ0) is 11.0. The van der Waals surface area contributed by atoms with Crippen LogP contribution in [0.1, 0.15) is 25.3 Å². The van der Waals surface area contributed by atoms with E-state index in [9.17, 15) is 0 Å². The van der Waals surface area contributed by atoms with Crippen molar-refractivity contribution < 1.29 is 9.15 Å². The van der Waals surface area contributed by atoms with Gasteiger partial charge < -0.3 is 9.15 Å². The van der Waals surface area contributed by atoms with E-state index in [-0.39, 0.29) is 0 Å². The minimum Gasteiger partial charge on any atom is -0.472 e. The van der Waals surface area contributed by atoms with Crippen molar-refractivity contribution in [3.63, 3.8) is 0 Å². The molecular weight excluding hydrogens is 202 g/mol. The van der Waals surface area contributed by atoms with Crippen LogP contribution in [0.25, 0.3) is 0 Å². The normalized spacial score (nSPS) is 35.2. The molecule has 0 bridgehead atoms. The number of nitrogens with zero attached hydrogens (tertiary/aromatic N) is 1. The Balaban J connectivity index is 1.59. The van der Waals surface area contributed by atoms with Crippen molar-refractivity contribution in [2.24, 2.45) is 5.92 Å². The molecule has 88 valence electrons. The summed E-state index contributed by atoms with van der Waals surface area (Å²) >= 11 is 0. The lowest BCUT2D eigenvalue weighted by molar-refractivity contribution is 0.00582. The minimum atomic E-state index is 0.462. The molecule has 0 saturated carbocycles. The highest BCUT2D eigenvalue weighted by molar-refractivity contribution is 5.05. The van der Waals surface area contributed by atoms with E-state index >= 15 is 0 Å². The molecule has 0 radical (unpaired) electrons. The van der Waals surface area contributed by atoms with Crippen LogP contribution in [0.5, 0.6) is 0 Å². The van der Waals surface area contributed by atoms with Crippen LogP contribution in [0.3, 0.4) is 0 Å². The topological polar surface area (TPSA) is 25.6 Å². The van der Waals surface area contributed by atoms with Gasteiger partial charge in [0.25, 0.3) is 0 Å². The molecule has 1 aromatic rings. The van der Waals surface area contributed by atoms with Crippen LogP contribution in [-0.4, -0.2) is 30.2 Å². The zero-order valence-electron chi connectivity index (χ0n) is 9.76. The predicted octanol–water partition coefficient (Wildman–Crippen LogP) is 2.28. The molecule has 3 heterocycles. The van der Waals surface area contributed by atoms with Gasteiger partial charge in [-0.3, -0.25) is 4.90 Å². The fourth-order valence-electron chi connectivity index (χ4n) is 3.06. The maximum Gasteiger partial charge on any atom is 0.0947 e. The zero-order valence-corrected chi connectivity index (χ0v) is 9.76. The molecule has 0 N–H and O–H groups in total. The summed E-state index contributed by atoms with van der Waals surface area (Å²) in [6.07, 6.45) is 7.00. The van der Waals surface area contributed by atoms with Crippen LogP contribution in [0.2, 0.25) is 0 Å². The number of likely N-dealkylation sites (tertiary alicyclic amines) is 1. The molecule has 2 aliphatic heterocycles. The van der Waals surface area contributed by atoms with Crippen molar-refractivity contribution in [1.29, 1.82) is 0 Å². The SMILES string of the molecule is C[C@H]1C[C@H]2CN(Cc3ccoc3)CC[C@@H]2O1. The first kappa shape index (κ1) is 10.4. The lowest BCUT2D eigenvalue weighted by Crippen LogP contribution is -2.40. The van der Waals surface area contributed by atoms with Gasteiger partial charge in [0, 0.05) is 31.1 Å². The van der Waals surface area contributed by atoms with Gasteiger partial charge in [0.15, 0.2) is 0 Å². The molecule has 0 aromatic carbocycles. The minimum absolute atomic E-state index is 0.462. The highest BCUT2D eigenvalue weighted by atomic mass is 16.5. The Hall–Kier alpha value is -0.800. The van der Waals surface area contributed by atoms with Crippen LogP contribution in [0.15, 0.2) is 23.0 Å². The molecule has 3 heteroatoms. The second-order valence-electron chi connectivity index (χ2n) is 5.14. The van der Waals surface area contributed by atoms with Crippen LogP contribution < -0.4 is 0 Å². The van der Waals surface area contributed by atoms with Crippen LogP contribution >= 0.6 is 0 Å². The van der Waals surface area contributed by atoms with E-state index in [0.29, 0.717) is 12.2 Å². The maximum absolute atomic E-state index is 5.90. The summed E-state index contributed by atoms with van der Waals surface area (Å²) in [4.78, 5) is 2.52. The molecule has 0 amide bonds.